The summed E-state index contributed by atoms with van der Waals surface area (Å²) < 4.78 is 5.65. The van der Waals surface area contributed by atoms with Crippen LogP contribution in [-0.2, 0) is 4.79 Å². The van der Waals surface area contributed by atoms with E-state index < -0.39 is 0 Å². The van der Waals surface area contributed by atoms with E-state index in [4.69, 9.17) is 4.42 Å². The van der Waals surface area contributed by atoms with Crippen LogP contribution in [0.4, 0.5) is 0 Å². The Morgan fingerprint density at radius 3 is 2.76 bits per heavy atom. The van der Waals surface area contributed by atoms with Crippen LogP contribution >= 0.6 is 11.8 Å². The maximum atomic E-state index is 12.2. The van der Waals surface area contributed by atoms with Crippen LogP contribution in [0.5, 0.6) is 0 Å². The SMILES string of the molecule is Cc1ccc(-c2nnc(SCC(=O)N[C@H]3CCC[C@@H](C)[C@@H]3C)o2)cc1. The molecule has 3 rings (SSSR count). The number of hydrogen-bond donors (Lipinski definition) is 1. The zero-order chi connectivity index (χ0) is 17.8. The number of rotatable bonds is 5. The van der Waals surface area contributed by atoms with Gasteiger partial charge < -0.3 is 9.73 Å². The molecule has 1 aromatic heterocycles. The first-order chi connectivity index (χ1) is 12.0. The summed E-state index contributed by atoms with van der Waals surface area (Å²) >= 11 is 1.29. The predicted molar refractivity (Wildman–Crippen MR) is 99.3 cm³/mol. The molecule has 25 heavy (non-hydrogen) atoms. The number of nitrogens with zero attached hydrogens (tertiary/aromatic N) is 2. The minimum atomic E-state index is 0.0334. The van der Waals surface area contributed by atoms with Crippen LogP contribution in [0, 0.1) is 18.8 Å². The third-order valence-electron chi connectivity index (χ3n) is 5.08. The second-order valence-electron chi connectivity index (χ2n) is 6.97. The molecule has 134 valence electrons. The maximum absolute atomic E-state index is 12.2. The number of aryl methyl sites for hydroxylation is 1. The molecule has 1 aliphatic rings. The largest absolute Gasteiger partial charge is 0.411 e. The van der Waals surface area contributed by atoms with E-state index in [1.54, 1.807) is 0 Å². The average Bonchev–Trinajstić information content (AvgIpc) is 3.07. The van der Waals surface area contributed by atoms with Crippen LogP contribution in [0.3, 0.4) is 0 Å². The van der Waals surface area contributed by atoms with Gasteiger partial charge >= 0.3 is 0 Å². The van der Waals surface area contributed by atoms with Gasteiger partial charge in [-0.15, -0.1) is 10.2 Å². The van der Waals surface area contributed by atoms with Gasteiger partial charge in [-0.2, -0.15) is 0 Å². The second-order valence-corrected chi connectivity index (χ2v) is 7.90. The van der Waals surface area contributed by atoms with Crippen LogP contribution in [-0.4, -0.2) is 27.9 Å². The number of carbonyl (C=O) groups excluding carboxylic acids is 1. The van der Waals surface area contributed by atoms with E-state index in [1.807, 2.05) is 31.2 Å². The Labute approximate surface area is 153 Å². The smallest absolute Gasteiger partial charge is 0.277 e. The normalized spacial score (nSPS) is 23.4. The van der Waals surface area contributed by atoms with Crippen LogP contribution < -0.4 is 5.32 Å². The molecule has 0 spiro atoms. The Hall–Kier alpha value is -1.82. The van der Waals surface area contributed by atoms with Gasteiger partial charge in [-0.25, -0.2) is 0 Å². The topological polar surface area (TPSA) is 68.0 Å². The van der Waals surface area contributed by atoms with Gasteiger partial charge in [0.15, 0.2) is 0 Å². The van der Waals surface area contributed by atoms with Crippen molar-refractivity contribution in [3.8, 4) is 11.5 Å². The molecule has 2 aromatic rings. The van der Waals surface area contributed by atoms with Crippen molar-refractivity contribution in [1.82, 2.24) is 15.5 Å². The molecule has 0 bridgehead atoms. The highest BCUT2D eigenvalue weighted by atomic mass is 32.2. The lowest BCUT2D eigenvalue weighted by Crippen LogP contribution is -2.44. The molecule has 5 nitrogen and oxygen atoms in total. The molecule has 6 heteroatoms. The average molecular weight is 359 g/mol. The van der Waals surface area contributed by atoms with Crippen molar-refractivity contribution in [2.24, 2.45) is 11.8 Å². The molecule has 0 unspecified atom stereocenters. The molecule has 1 fully saturated rings. The summed E-state index contributed by atoms with van der Waals surface area (Å²) in [4.78, 5) is 12.2. The van der Waals surface area contributed by atoms with E-state index in [-0.39, 0.29) is 11.9 Å². The Morgan fingerprint density at radius 1 is 1.24 bits per heavy atom. The van der Waals surface area contributed by atoms with Gasteiger partial charge in [0.05, 0.1) is 5.75 Å². The van der Waals surface area contributed by atoms with Crippen LogP contribution in [0.25, 0.3) is 11.5 Å². The first-order valence-corrected chi connectivity index (χ1v) is 9.84. The molecule has 1 amide bonds. The standard InChI is InChI=1S/C19H25N3O2S/c1-12-7-9-15(10-8-12)18-21-22-19(24-18)25-11-17(23)20-16-6-4-5-13(2)14(16)3/h7-10,13-14,16H,4-6,11H2,1-3H3,(H,20,23)/t13-,14+,16+/m1/s1. The van der Waals surface area contributed by atoms with E-state index in [1.165, 1.54) is 30.2 Å². The monoisotopic (exact) mass is 359 g/mol. The van der Waals surface area contributed by atoms with Crippen molar-refractivity contribution in [2.75, 3.05) is 5.75 Å². The fraction of sp³-hybridized carbons (Fsp3) is 0.526. The first kappa shape index (κ1) is 18.0. The minimum absolute atomic E-state index is 0.0334. The maximum Gasteiger partial charge on any atom is 0.277 e. The lowest BCUT2D eigenvalue weighted by atomic mass is 9.78. The zero-order valence-electron chi connectivity index (χ0n) is 15.0. The first-order valence-electron chi connectivity index (χ1n) is 8.85. The number of benzene rings is 1. The van der Waals surface area contributed by atoms with Gasteiger partial charge in [-0.1, -0.05) is 56.1 Å². The van der Waals surface area contributed by atoms with E-state index in [0.29, 0.717) is 28.7 Å². The van der Waals surface area contributed by atoms with Crippen molar-refractivity contribution < 1.29 is 9.21 Å². The van der Waals surface area contributed by atoms with Crippen LogP contribution in [0.15, 0.2) is 33.9 Å². The summed E-state index contributed by atoms with van der Waals surface area (Å²) in [6.45, 7) is 6.53. The third-order valence-corrected chi connectivity index (χ3v) is 5.90. The Morgan fingerprint density at radius 2 is 2.00 bits per heavy atom. The summed E-state index contributed by atoms with van der Waals surface area (Å²) in [6.07, 6.45) is 3.51. The van der Waals surface area contributed by atoms with Crippen LogP contribution in [0.1, 0.15) is 38.7 Å². The molecule has 1 saturated carbocycles. The summed E-state index contributed by atoms with van der Waals surface area (Å²) in [5, 5.41) is 11.7. The molecular weight excluding hydrogens is 334 g/mol. The van der Waals surface area contributed by atoms with Gasteiger partial charge in [0.1, 0.15) is 0 Å². The van der Waals surface area contributed by atoms with Crippen molar-refractivity contribution in [3.63, 3.8) is 0 Å². The fourth-order valence-electron chi connectivity index (χ4n) is 3.24. The number of hydrogen-bond acceptors (Lipinski definition) is 5. The molecule has 1 N–H and O–H groups in total. The Balaban J connectivity index is 1.52. The van der Waals surface area contributed by atoms with Gasteiger partial charge in [0.2, 0.25) is 11.8 Å². The quantitative estimate of drug-likeness (QED) is 0.815. The highest BCUT2D eigenvalue weighted by Crippen LogP contribution is 2.29. The van der Waals surface area contributed by atoms with E-state index in [2.05, 4.69) is 29.4 Å². The second kappa shape index (κ2) is 8.04. The summed E-state index contributed by atoms with van der Waals surface area (Å²) in [6, 6.07) is 8.20. The van der Waals surface area contributed by atoms with Crippen LogP contribution in [0.2, 0.25) is 0 Å². The predicted octanol–water partition coefficient (Wildman–Crippen LogP) is 4.08. The summed E-state index contributed by atoms with van der Waals surface area (Å²) in [7, 11) is 0. The van der Waals surface area contributed by atoms with Gasteiger partial charge in [-0.05, 0) is 37.3 Å². The molecule has 0 saturated heterocycles. The number of amides is 1. The number of thioether (sulfide) groups is 1. The van der Waals surface area contributed by atoms with Crippen molar-refractivity contribution in [3.05, 3.63) is 29.8 Å². The number of nitrogens with one attached hydrogen (secondary N) is 1. The Bertz CT molecular complexity index is 714. The molecule has 0 aliphatic heterocycles. The highest BCUT2D eigenvalue weighted by Gasteiger charge is 2.28. The van der Waals surface area contributed by atoms with Gasteiger partial charge in [0.25, 0.3) is 5.22 Å². The lowest BCUT2D eigenvalue weighted by Gasteiger charge is -2.34. The molecule has 0 radical (unpaired) electrons. The Kier molecular flexibility index (Phi) is 5.78. The van der Waals surface area contributed by atoms with Gasteiger partial charge in [0, 0.05) is 11.6 Å². The third kappa shape index (κ3) is 4.63. The summed E-state index contributed by atoms with van der Waals surface area (Å²) in [5.41, 5.74) is 2.07. The van der Waals surface area contributed by atoms with E-state index in [9.17, 15) is 4.79 Å². The zero-order valence-corrected chi connectivity index (χ0v) is 15.8. The van der Waals surface area contributed by atoms with Crippen molar-refractivity contribution in [1.29, 1.82) is 0 Å². The fourth-order valence-corrected chi connectivity index (χ4v) is 3.82. The van der Waals surface area contributed by atoms with E-state index in [0.717, 1.165) is 12.0 Å². The van der Waals surface area contributed by atoms with E-state index >= 15 is 0 Å². The summed E-state index contributed by atoms with van der Waals surface area (Å²) in [5.74, 6) is 2.01. The van der Waals surface area contributed by atoms with Gasteiger partial charge in [-0.3, -0.25) is 4.79 Å². The van der Waals surface area contributed by atoms with Crippen molar-refractivity contribution in [2.45, 2.75) is 51.3 Å². The molecule has 1 aromatic carbocycles. The molecular formula is C19H25N3O2S. The number of aromatic nitrogens is 2. The lowest BCUT2D eigenvalue weighted by molar-refractivity contribution is -0.120. The van der Waals surface area contributed by atoms with Crippen molar-refractivity contribution >= 4 is 17.7 Å². The highest BCUT2D eigenvalue weighted by molar-refractivity contribution is 7.99. The molecule has 3 atom stereocenters. The number of carbonyl (C=O) groups is 1. The minimum Gasteiger partial charge on any atom is -0.411 e. The molecule has 1 heterocycles. The molecule has 1 aliphatic carbocycles.